The van der Waals surface area contributed by atoms with Gasteiger partial charge in [-0.05, 0) is 31.6 Å². The molecule has 2 rings (SSSR count). The average Bonchev–Trinajstić information content (AvgIpc) is 2.47. The smallest absolute Gasteiger partial charge is 0.288 e. The predicted molar refractivity (Wildman–Crippen MR) is 78.8 cm³/mol. The number of aromatic nitrogens is 1. The SMILES string of the molecule is CC1CCC(N(C)C(=O)c2cc([N+](=O)[O-])cnc2N)CC1. The molecular weight excluding hydrogens is 272 g/mol. The van der Waals surface area contributed by atoms with Crippen molar-refractivity contribution in [3.05, 3.63) is 27.9 Å². The van der Waals surface area contributed by atoms with Crippen LogP contribution in [-0.4, -0.2) is 33.8 Å². The van der Waals surface area contributed by atoms with E-state index < -0.39 is 4.92 Å². The quantitative estimate of drug-likeness (QED) is 0.679. The van der Waals surface area contributed by atoms with E-state index in [1.54, 1.807) is 11.9 Å². The summed E-state index contributed by atoms with van der Waals surface area (Å²) in [6.07, 6.45) is 5.14. The Morgan fingerprint density at radius 3 is 2.62 bits per heavy atom. The van der Waals surface area contributed by atoms with Crippen LogP contribution < -0.4 is 5.73 Å². The Balaban J connectivity index is 2.19. The molecule has 1 aliphatic rings. The van der Waals surface area contributed by atoms with Crippen LogP contribution in [-0.2, 0) is 0 Å². The number of hydrogen-bond acceptors (Lipinski definition) is 5. The van der Waals surface area contributed by atoms with Gasteiger partial charge in [0.15, 0.2) is 0 Å². The van der Waals surface area contributed by atoms with Crippen LogP contribution in [0.1, 0.15) is 43.0 Å². The van der Waals surface area contributed by atoms with E-state index in [2.05, 4.69) is 11.9 Å². The Morgan fingerprint density at radius 2 is 2.05 bits per heavy atom. The van der Waals surface area contributed by atoms with Gasteiger partial charge >= 0.3 is 0 Å². The number of amides is 1. The molecule has 1 aliphatic carbocycles. The van der Waals surface area contributed by atoms with Gasteiger partial charge in [0.05, 0.1) is 10.5 Å². The molecule has 2 N–H and O–H groups in total. The van der Waals surface area contributed by atoms with Crippen LogP contribution in [0.15, 0.2) is 12.3 Å². The number of nitrogens with zero attached hydrogens (tertiary/aromatic N) is 3. The van der Waals surface area contributed by atoms with E-state index in [4.69, 9.17) is 5.73 Å². The number of carbonyl (C=O) groups is 1. The third-order valence-corrected chi connectivity index (χ3v) is 4.20. The normalized spacial score (nSPS) is 21.8. The molecule has 0 unspecified atom stereocenters. The van der Waals surface area contributed by atoms with Crippen molar-refractivity contribution in [2.24, 2.45) is 5.92 Å². The first-order valence-electron chi connectivity index (χ1n) is 7.07. The third-order valence-electron chi connectivity index (χ3n) is 4.20. The van der Waals surface area contributed by atoms with E-state index in [1.165, 1.54) is 6.07 Å². The van der Waals surface area contributed by atoms with E-state index in [-0.39, 0.29) is 29.0 Å². The molecule has 0 aromatic carbocycles. The fourth-order valence-electron chi connectivity index (χ4n) is 2.72. The van der Waals surface area contributed by atoms with Crippen molar-refractivity contribution >= 4 is 17.4 Å². The maximum Gasteiger partial charge on any atom is 0.288 e. The second-order valence-corrected chi connectivity index (χ2v) is 5.71. The van der Waals surface area contributed by atoms with Gasteiger partial charge in [-0.2, -0.15) is 0 Å². The molecule has 1 aromatic rings. The predicted octanol–water partition coefficient (Wildman–Crippen LogP) is 2.22. The van der Waals surface area contributed by atoms with Gasteiger partial charge in [0.25, 0.3) is 11.6 Å². The molecule has 1 saturated carbocycles. The molecule has 0 aliphatic heterocycles. The van der Waals surface area contributed by atoms with Crippen molar-refractivity contribution < 1.29 is 9.72 Å². The standard InChI is InChI=1S/C14H20N4O3/c1-9-3-5-10(6-4-9)17(2)14(19)12-7-11(18(20)21)8-16-13(12)15/h7-10H,3-6H2,1-2H3,(H2,15,16). The molecule has 0 spiro atoms. The van der Waals surface area contributed by atoms with Crippen LogP contribution in [0.4, 0.5) is 11.5 Å². The van der Waals surface area contributed by atoms with Crippen LogP contribution in [0, 0.1) is 16.0 Å². The highest BCUT2D eigenvalue weighted by Gasteiger charge is 2.27. The second kappa shape index (κ2) is 6.07. The minimum Gasteiger partial charge on any atom is -0.383 e. The summed E-state index contributed by atoms with van der Waals surface area (Å²) in [7, 11) is 1.72. The van der Waals surface area contributed by atoms with Crippen molar-refractivity contribution in [1.29, 1.82) is 0 Å². The molecule has 7 nitrogen and oxygen atoms in total. The lowest BCUT2D eigenvalue weighted by Crippen LogP contribution is -2.39. The summed E-state index contributed by atoms with van der Waals surface area (Å²) in [5.74, 6) is 0.416. The minimum absolute atomic E-state index is 0.0293. The number of rotatable bonds is 3. The molecule has 0 radical (unpaired) electrons. The van der Waals surface area contributed by atoms with Crippen molar-refractivity contribution in [1.82, 2.24) is 9.88 Å². The molecule has 0 saturated heterocycles. The number of hydrogen-bond donors (Lipinski definition) is 1. The number of pyridine rings is 1. The van der Waals surface area contributed by atoms with E-state index in [9.17, 15) is 14.9 Å². The Morgan fingerprint density at radius 1 is 1.43 bits per heavy atom. The molecule has 1 fully saturated rings. The van der Waals surface area contributed by atoms with Crippen molar-refractivity contribution in [2.45, 2.75) is 38.6 Å². The van der Waals surface area contributed by atoms with Crippen LogP contribution in [0.25, 0.3) is 0 Å². The first-order valence-corrected chi connectivity index (χ1v) is 7.07. The zero-order valence-electron chi connectivity index (χ0n) is 12.3. The van der Waals surface area contributed by atoms with Crippen molar-refractivity contribution in [3.63, 3.8) is 0 Å². The summed E-state index contributed by atoms with van der Waals surface area (Å²) in [6.45, 7) is 2.21. The average molecular weight is 292 g/mol. The van der Waals surface area contributed by atoms with E-state index in [0.717, 1.165) is 31.9 Å². The monoisotopic (exact) mass is 292 g/mol. The molecule has 114 valence electrons. The van der Waals surface area contributed by atoms with Crippen LogP contribution in [0.5, 0.6) is 0 Å². The van der Waals surface area contributed by atoms with Gasteiger partial charge in [0.2, 0.25) is 0 Å². The molecule has 7 heteroatoms. The maximum absolute atomic E-state index is 12.5. The van der Waals surface area contributed by atoms with Crippen molar-refractivity contribution in [3.8, 4) is 0 Å². The molecule has 1 amide bonds. The molecule has 1 heterocycles. The highest BCUT2D eigenvalue weighted by molar-refractivity contribution is 5.98. The molecule has 0 bridgehead atoms. The van der Waals surface area contributed by atoms with Gasteiger partial charge in [-0.25, -0.2) is 4.98 Å². The van der Waals surface area contributed by atoms with Gasteiger partial charge in [-0.3, -0.25) is 14.9 Å². The largest absolute Gasteiger partial charge is 0.383 e. The first kappa shape index (κ1) is 15.2. The number of nitro groups is 1. The van der Waals surface area contributed by atoms with Gasteiger partial charge in [0, 0.05) is 19.2 Å². The Bertz CT molecular complexity index is 553. The Kier molecular flexibility index (Phi) is 4.40. The van der Waals surface area contributed by atoms with E-state index >= 15 is 0 Å². The fourth-order valence-corrected chi connectivity index (χ4v) is 2.72. The maximum atomic E-state index is 12.5. The summed E-state index contributed by atoms with van der Waals surface area (Å²) in [5, 5.41) is 10.8. The molecule has 21 heavy (non-hydrogen) atoms. The molecular formula is C14H20N4O3. The Labute approximate surface area is 123 Å². The van der Waals surface area contributed by atoms with E-state index in [1.807, 2.05) is 0 Å². The van der Waals surface area contributed by atoms with Gasteiger partial charge in [-0.1, -0.05) is 6.92 Å². The van der Waals surface area contributed by atoms with Crippen LogP contribution >= 0.6 is 0 Å². The molecule has 0 atom stereocenters. The summed E-state index contributed by atoms with van der Waals surface area (Å²) >= 11 is 0. The minimum atomic E-state index is -0.578. The number of anilines is 1. The zero-order chi connectivity index (χ0) is 15.6. The highest BCUT2D eigenvalue weighted by atomic mass is 16.6. The third kappa shape index (κ3) is 3.29. The number of carbonyl (C=O) groups excluding carboxylic acids is 1. The molecule has 1 aromatic heterocycles. The summed E-state index contributed by atoms with van der Waals surface area (Å²) in [4.78, 5) is 28.1. The summed E-state index contributed by atoms with van der Waals surface area (Å²) < 4.78 is 0. The first-order chi connectivity index (χ1) is 9.90. The van der Waals surface area contributed by atoms with Gasteiger partial charge in [0.1, 0.15) is 12.0 Å². The van der Waals surface area contributed by atoms with Crippen LogP contribution in [0.3, 0.4) is 0 Å². The Hall–Kier alpha value is -2.18. The van der Waals surface area contributed by atoms with Crippen molar-refractivity contribution in [2.75, 3.05) is 12.8 Å². The van der Waals surface area contributed by atoms with Crippen LogP contribution in [0.2, 0.25) is 0 Å². The lowest BCUT2D eigenvalue weighted by Gasteiger charge is -2.33. The summed E-state index contributed by atoms with van der Waals surface area (Å²) in [5.41, 5.74) is 5.58. The second-order valence-electron chi connectivity index (χ2n) is 5.71. The summed E-state index contributed by atoms with van der Waals surface area (Å²) in [6, 6.07) is 1.36. The lowest BCUT2D eigenvalue weighted by molar-refractivity contribution is -0.385. The van der Waals surface area contributed by atoms with Gasteiger partial charge in [-0.15, -0.1) is 0 Å². The van der Waals surface area contributed by atoms with E-state index in [0.29, 0.717) is 5.92 Å². The number of nitrogens with two attached hydrogens (primary N) is 1. The highest BCUT2D eigenvalue weighted by Crippen LogP contribution is 2.28. The van der Waals surface area contributed by atoms with Gasteiger partial charge < -0.3 is 10.6 Å². The topological polar surface area (TPSA) is 102 Å². The number of nitrogen functional groups attached to an aromatic ring is 1. The zero-order valence-corrected chi connectivity index (χ0v) is 12.3. The lowest BCUT2D eigenvalue weighted by atomic mass is 9.86. The fraction of sp³-hybridized carbons (Fsp3) is 0.571.